The molecular weight excluding hydrogens is 372 g/mol. The van der Waals surface area contributed by atoms with Gasteiger partial charge < -0.3 is 16.2 Å². The average molecular weight is 394 g/mol. The Morgan fingerprint density at radius 1 is 0.966 bits per heavy atom. The first-order chi connectivity index (χ1) is 14.0. The molecule has 4 N–H and O–H groups in total. The minimum atomic E-state index is -0.491. The van der Waals surface area contributed by atoms with E-state index < -0.39 is 10.6 Å². The minimum Gasteiger partial charge on any atom is -0.457 e. The lowest BCUT2D eigenvalue weighted by molar-refractivity contribution is -0.384. The van der Waals surface area contributed by atoms with Gasteiger partial charge in [-0.15, -0.1) is 0 Å². The predicted molar refractivity (Wildman–Crippen MR) is 111 cm³/mol. The van der Waals surface area contributed by atoms with Crippen LogP contribution in [-0.4, -0.2) is 22.5 Å². The molecule has 0 saturated heterocycles. The largest absolute Gasteiger partial charge is 0.457 e. The number of anilines is 1. The summed E-state index contributed by atoms with van der Waals surface area (Å²) in [6.45, 7) is 0. The minimum absolute atomic E-state index is 0.0187. The second-order valence-corrected chi connectivity index (χ2v) is 7.17. The van der Waals surface area contributed by atoms with Crippen molar-refractivity contribution in [1.82, 2.24) is 0 Å². The van der Waals surface area contributed by atoms with E-state index in [1.807, 2.05) is 29.2 Å². The number of non-ortho nitro benzene ring substituents is 1. The van der Waals surface area contributed by atoms with Crippen molar-refractivity contribution in [3.8, 4) is 11.5 Å². The molecular formula is C20H22N6O3. The molecule has 0 amide bonds. The van der Waals surface area contributed by atoms with Crippen molar-refractivity contribution in [3.05, 3.63) is 58.6 Å². The van der Waals surface area contributed by atoms with Crippen LogP contribution in [0.1, 0.15) is 32.1 Å². The van der Waals surface area contributed by atoms with Gasteiger partial charge in [-0.3, -0.25) is 15.0 Å². The van der Waals surface area contributed by atoms with Crippen LogP contribution in [0.4, 0.5) is 11.4 Å². The second kappa shape index (κ2) is 7.42. The van der Waals surface area contributed by atoms with Gasteiger partial charge in [0.2, 0.25) is 11.9 Å². The summed E-state index contributed by atoms with van der Waals surface area (Å²) >= 11 is 0. The molecule has 2 aromatic rings. The van der Waals surface area contributed by atoms with E-state index in [1.54, 1.807) is 12.1 Å². The van der Waals surface area contributed by atoms with Crippen LogP contribution < -0.4 is 21.1 Å². The van der Waals surface area contributed by atoms with E-state index in [-0.39, 0.29) is 11.6 Å². The summed E-state index contributed by atoms with van der Waals surface area (Å²) < 4.78 is 5.79. The molecule has 1 spiro atoms. The van der Waals surface area contributed by atoms with Crippen LogP contribution in [0.2, 0.25) is 0 Å². The van der Waals surface area contributed by atoms with Crippen molar-refractivity contribution in [2.45, 2.75) is 37.8 Å². The number of aliphatic imine (C=N–C) groups is 2. The molecule has 0 aromatic heterocycles. The summed E-state index contributed by atoms with van der Waals surface area (Å²) in [6, 6.07) is 13.4. The van der Waals surface area contributed by atoms with E-state index in [2.05, 4.69) is 9.98 Å². The number of hydrogen-bond acceptors (Lipinski definition) is 8. The summed E-state index contributed by atoms with van der Waals surface area (Å²) in [4.78, 5) is 21.1. The highest BCUT2D eigenvalue weighted by atomic mass is 16.6. The van der Waals surface area contributed by atoms with E-state index in [0.717, 1.165) is 31.4 Å². The van der Waals surface area contributed by atoms with Crippen LogP contribution in [0.25, 0.3) is 0 Å². The molecule has 9 nitrogen and oxygen atoms in total. The molecule has 4 rings (SSSR count). The molecule has 0 atom stereocenters. The van der Waals surface area contributed by atoms with Gasteiger partial charge in [-0.1, -0.05) is 6.42 Å². The van der Waals surface area contributed by atoms with Crippen molar-refractivity contribution >= 4 is 23.3 Å². The molecule has 1 saturated carbocycles. The van der Waals surface area contributed by atoms with Gasteiger partial charge in [0.1, 0.15) is 17.2 Å². The number of guanidine groups is 2. The Kier molecular flexibility index (Phi) is 4.79. The number of nitro groups is 1. The van der Waals surface area contributed by atoms with Crippen LogP contribution >= 0.6 is 0 Å². The van der Waals surface area contributed by atoms with Crippen molar-refractivity contribution in [2.24, 2.45) is 21.5 Å². The third-order valence-corrected chi connectivity index (χ3v) is 5.23. The molecule has 29 heavy (non-hydrogen) atoms. The number of nitrogens with two attached hydrogens (primary N) is 2. The quantitative estimate of drug-likeness (QED) is 0.602. The maximum Gasteiger partial charge on any atom is 0.269 e. The van der Waals surface area contributed by atoms with Crippen LogP contribution in [0.5, 0.6) is 11.5 Å². The van der Waals surface area contributed by atoms with Gasteiger partial charge in [-0.2, -0.15) is 4.99 Å². The molecule has 0 radical (unpaired) electrons. The van der Waals surface area contributed by atoms with Gasteiger partial charge >= 0.3 is 0 Å². The predicted octanol–water partition coefficient (Wildman–Crippen LogP) is 3.50. The summed E-state index contributed by atoms with van der Waals surface area (Å²) in [5, 5.41) is 10.8. The highest BCUT2D eigenvalue weighted by molar-refractivity contribution is 6.05. The Labute approximate surface area is 167 Å². The lowest BCUT2D eigenvalue weighted by Gasteiger charge is -2.45. The van der Waals surface area contributed by atoms with Crippen LogP contribution in [0.15, 0.2) is 58.5 Å². The zero-order valence-electron chi connectivity index (χ0n) is 15.8. The molecule has 2 aromatic carbocycles. The standard InChI is InChI=1S/C20H22N6O3/c21-18-23-19(22)25(20(24-18)12-2-1-3-13-20)14-4-8-16(9-5-14)29-17-10-6-15(7-11-17)26(27)28/h4-11H,1-3,12-13H2,(H4,21,22,23,24). The van der Waals surface area contributed by atoms with Crippen LogP contribution in [0.3, 0.4) is 0 Å². The van der Waals surface area contributed by atoms with Crippen LogP contribution in [0, 0.1) is 10.1 Å². The Hall–Kier alpha value is -3.62. The first-order valence-corrected chi connectivity index (χ1v) is 9.49. The first kappa shape index (κ1) is 18.7. The Morgan fingerprint density at radius 2 is 1.55 bits per heavy atom. The number of ether oxygens (including phenoxy) is 1. The van der Waals surface area contributed by atoms with Crippen molar-refractivity contribution in [2.75, 3.05) is 4.90 Å². The second-order valence-electron chi connectivity index (χ2n) is 7.17. The molecule has 9 heteroatoms. The highest BCUT2D eigenvalue weighted by Crippen LogP contribution is 2.40. The van der Waals surface area contributed by atoms with Gasteiger partial charge in [-0.25, -0.2) is 4.99 Å². The van der Waals surface area contributed by atoms with E-state index in [9.17, 15) is 10.1 Å². The lowest BCUT2D eigenvalue weighted by atomic mass is 9.87. The fraction of sp³-hybridized carbons (Fsp3) is 0.300. The van der Waals surface area contributed by atoms with Gasteiger partial charge in [-0.05, 0) is 62.1 Å². The zero-order valence-corrected chi connectivity index (χ0v) is 15.8. The number of benzene rings is 2. The third kappa shape index (κ3) is 3.71. The van der Waals surface area contributed by atoms with Crippen LogP contribution in [-0.2, 0) is 0 Å². The maximum absolute atomic E-state index is 10.8. The van der Waals surface area contributed by atoms with Crippen molar-refractivity contribution in [1.29, 1.82) is 0 Å². The van der Waals surface area contributed by atoms with Crippen molar-refractivity contribution in [3.63, 3.8) is 0 Å². The fourth-order valence-corrected chi connectivity index (χ4v) is 3.93. The zero-order chi connectivity index (χ0) is 20.4. The topological polar surface area (TPSA) is 132 Å². The average Bonchev–Trinajstić information content (AvgIpc) is 2.69. The highest BCUT2D eigenvalue weighted by Gasteiger charge is 2.42. The number of hydrogen-bond donors (Lipinski definition) is 2. The molecule has 2 aliphatic rings. The van der Waals surface area contributed by atoms with E-state index in [1.165, 1.54) is 18.6 Å². The summed E-state index contributed by atoms with van der Waals surface area (Å²) in [6.07, 6.45) is 5.02. The number of nitro benzene ring substituents is 1. The first-order valence-electron chi connectivity index (χ1n) is 9.49. The molecule has 1 heterocycles. The van der Waals surface area contributed by atoms with E-state index in [4.69, 9.17) is 16.2 Å². The number of rotatable bonds is 4. The summed E-state index contributed by atoms with van der Waals surface area (Å²) in [5.41, 5.74) is 12.5. The monoisotopic (exact) mass is 394 g/mol. The van der Waals surface area contributed by atoms with Gasteiger partial charge in [0.25, 0.3) is 5.69 Å². The normalized spacial score (nSPS) is 18.1. The summed E-state index contributed by atoms with van der Waals surface area (Å²) in [5.74, 6) is 1.68. The van der Waals surface area contributed by atoms with Crippen molar-refractivity contribution < 1.29 is 9.66 Å². The fourth-order valence-electron chi connectivity index (χ4n) is 3.93. The van der Waals surface area contributed by atoms with E-state index >= 15 is 0 Å². The van der Waals surface area contributed by atoms with Gasteiger partial charge in [0, 0.05) is 17.8 Å². The molecule has 150 valence electrons. The molecule has 1 fully saturated rings. The Balaban J connectivity index is 1.56. The molecule has 1 aliphatic heterocycles. The Bertz CT molecular complexity index is 963. The number of nitrogens with zero attached hydrogens (tertiary/aromatic N) is 4. The third-order valence-electron chi connectivity index (χ3n) is 5.23. The maximum atomic E-state index is 10.8. The van der Waals surface area contributed by atoms with Gasteiger partial charge in [0.05, 0.1) is 4.92 Å². The molecule has 0 bridgehead atoms. The lowest BCUT2D eigenvalue weighted by Crippen LogP contribution is -2.58. The SMILES string of the molecule is NC1=NC2(CCCCC2)N(c2ccc(Oc3ccc([N+](=O)[O-])cc3)cc2)C(N)=N1. The van der Waals surface area contributed by atoms with E-state index in [0.29, 0.717) is 17.5 Å². The molecule has 0 unspecified atom stereocenters. The molecule has 1 aliphatic carbocycles. The van der Waals surface area contributed by atoms with Gasteiger partial charge in [0.15, 0.2) is 0 Å². The Morgan fingerprint density at radius 3 is 2.14 bits per heavy atom. The summed E-state index contributed by atoms with van der Waals surface area (Å²) in [7, 11) is 0. The smallest absolute Gasteiger partial charge is 0.269 e.